The van der Waals surface area contributed by atoms with Crippen molar-refractivity contribution in [3.05, 3.63) is 159 Å². The van der Waals surface area contributed by atoms with Gasteiger partial charge < -0.3 is 49.1 Å². The van der Waals surface area contributed by atoms with Gasteiger partial charge >= 0.3 is 6.18 Å². The van der Waals surface area contributed by atoms with Crippen LogP contribution in [-0.4, -0.2) is 148 Å². The minimum Gasteiger partial charge on any atom is -0.383 e. The number of anilines is 3. The monoisotopic (exact) mass is 1510 g/mol. The van der Waals surface area contributed by atoms with Crippen LogP contribution in [0.25, 0.3) is 33.8 Å². The van der Waals surface area contributed by atoms with Gasteiger partial charge in [0.2, 0.25) is 0 Å². The van der Waals surface area contributed by atoms with Crippen LogP contribution < -0.4 is 34.4 Å². The third-order valence-corrected chi connectivity index (χ3v) is 22.2. The maximum absolute atomic E-state index is 13.2. The number of alkyl halides is 3. The molecule has 31 heteroatoms. The molecule has 9 heterocycles. The van der Waals surface area contributed by atoms with Gasteiger partial charge in [-0.1, -0.05) is 89.0 Å². The van der Waals surface area contributed by atoms with Gasteiger partial charge in [0.05, 0.1) is 61.9 Å². The van der Waals surface area contributed by atoms with Crippen LogP contribution >= 0.6 is 11.6 Å². The molecule has 0 unspecified atom stereocenters. The number of hydrogen-bond donors (Lipinski definition) is 6. The zero-order valence-corrected chi connectivity index (χ0v) is 61.9. The van der Waals surface area contributed by atoms with Gasteiger partial charge in [-0.05, 0) is 155 Å². The molecule has 0 atom stereocenters. The number of hydrogen-bond acceptors (Lipinski definition) is 15. The molecule has 7 aliphatic rings. The van der Waals surface area contributed by atoms with Gasteiger partial charge in [-0.25, -0.2) is 14.0 Å². The highest BCUT2D eigenvalue weighted by atomic mass is 35.5. The number of benzene rings is 3. The average Bonchev–Trinajstić information content (AvgIpc) is 1.17. The van der Waals surface area contributed by atoms with E-state index in [0.717, 1.165) is 94.0 Å². The van der Waals surface area contributed by atoms with Crippen LogP contribution in [-0.2, 0) is 40.2 Å². The summed E-state index contributed by atoms with van der Waals surface area (Å²) < 4.78 is 49.7. The molecule has 7 fully saturated rings. The van der Waals surface area contributed by atoms with Crippen molar-refractivity contribution in [2.75, 3.05) is 56.5 Å². The molecule has 110 heavy (non-hydrogen) atoms. The standard InChI is InChI=1S/C27H29N7O2.C26H25ClF3N7O2.C26H29N7O2/c28-25-23(26(29)36)24(20-14-30-33(16-20)15-19-4-2-1-3-5-19)31-34(25)21-12-27(13-21)10-11-32(17-27)22(35)9-8-18-6-7-18;1-2-3-20(38)35-5-4-25(14-35)9-19(10-25)37-23(31)21(24(32)39)22(34-37)16-11-33-36(13-16)12-15-6-17(26(28,29)30)8-18(27)7-15;1-4-5-21(34)31-14-26(15-31)9-20(10-26)33-24(27)22(25(28)35)23(30-33)19-11-29-32(13-19)12-18-7-16(2)6-17(3)8-18/h1-5,14,16,18,21H,6-7,10-13,15,17,28H2,(H2,29,36);6-8,11,13,19H,4-5,9-10,12,14,31H2,1H3,(H2,32,39);6-8,11,13,20H,9-10,12,14-15,27H2,1-3H3,(H2,28,35). The van der Waals surface area contributed by atoms with Crippen molar-refractivity contribution >= 4 is 64.5 Å². The Balaban J connectivity index is 0.000000138. The summed E-state index contributed by atoms with van der Waals surface area (Å²) in [6, 6.07) is 19.7. The maximum atomic E-state index is 13.2. The number of nitrogens with two attached hydrogens (primary N) is 6. The predicted molar refractivity (Wildman–Crippen MR) is 404 cm³/mol. The van der Waals surface area contributed by atoms with Crippen LogP contribution in [0.1, 0.15) is 161 Å². The summed E-state index contributed by atoms with van der Waals surface area (Å²) in [6.07, 6.45) is 14.4. The number of rotatable bonds is 15. The zero-order valence-electron chi connectivity index (χ0n) is 61.2. The molecular formula is C79H83ClF3N21O6. The maximum Gasteiger partial charge on any atom is 0.416 e. The number of amides is 6. The van der Waals surface area contributed by atoms with E-state index in [1.165, 1.54) is 28.1 Å². The Morgan fingerprint density at radius 2 is 0.891 bits per heavy atom. The van der Waals surface area contributed by atoms with Gasteiger partial charge in [0.1, 0.15) is 51.2 Å². The van der Waals surface area contributed by atoms with Gasteiger partial charge in [0, 0.05) is 90.9 Å². The van der Waals surface area contributed by atoms with Crippen LogP contribution in [0.5, 0.6) is 0 Å². The number of nitrogen functional groups attached to an aromatic ring is 3. The highest BCUT2D eigenvalue weighted by molar-refractivity contribution is 6.30. The fraction of sp³-hybridized carbons (Fsp3) is 0.392. The number of primary amides is 3. The number of halogens is 4. The molecule has 12 N–H and O–H groups in total. The lowest BCUT2D eigenvalue weighted by Crippen LogP contribution is -2.63. The smallest absolute Gasteiger partial charge is 0.383 e. The minimum atomic E-state index is -4.54. The van der Waals surface area contributed by atoms with E-state index in [1.54, 1.807) is 61.0 Å². The molecule has 16 rings (SSSR count). The second-order valence-corrected chi connectivity index (χ2v) is 30.9. The molecule has 0 radical (unpaired) electrons. The Bertz CT molecular complexity index is 5330. The summed E-state index contributed by atoms with van der Waals surface area (Å²) >= 11 is 5.90. The Hall–Kier alpha value is -12.1. The van der Waals surface area contributed by atoms with E-state index in [0.29, 0.717) is 85.4 Å². The number of carbonyl (C=O) groups is 6. The summed E-state index contributed by atoms with van der Waals surface area (Å²) in [7, 11) is 0. The fourth-order valence-corrected chi connectivity index (χ4v) is 16.9. The first-order valence-electron chi connectivity index (χ1n) is 36.3. The number of nitrogens with zero attached hydrogens (tertiary/aromatic N) is 15. The normalized spacial score (nSPS) is 17.7. The van der Waals surface area contributed by atoms with E-state index in [9.17, 15) is 41.9 Å². The van der Waals surface area contributed by atoms with Crippen LogP contribution in [0.4, 0.5) is 30.6 Å². The van der Waals surface area contributed by atoms with Crippen molar-refractivity contribution in [1.29, 1.82) is 0 Å². The molecular weight excluding hydrogens is 1430 g/mol. The van der Waals surface area contributed by atoms with Crippen molar-refractivity contribution < 1.29 is 41.9 Å². The molecule has 568 valence electrons. The highest BCUT2D eigenvalue weighted by Gasteiger charge is 2.56. The third-order valence-electron chi connectivity index (χ3n) is 22.0. The van der Waals surface area contributed by atoms with Crippen molar-refractivity contribution in [3.63, 3.8) is 0 Å². The van der Waals surface area contributed by atoms with Gasteiger partial charge in [-0.15, -0.1) is 0 Å². The molecule has 6 aromatic heterocycles. The Morgan fingerprint density at radius 1 is 0.509 bits per heavy atom. The summed E-state index contributed by atoms with van der Waals surface area (Å²) in [5.41, 5.74) is 43.9. The zero-order chi connectivity index (χ0) is 77.9. The molecule has 3 spiro atoms. The molecule has 4 saturated carbocycles. The minimum absolute atomic E-state index is 0.00844. The van der Waals surface area contributed by atoms with Crippen molar-refractivity contribution in [3.8, 4) is 69.3 Å². The largest absolute Gasteiger partial charge is 0.416 e. The molecule has 0 bridgehead atoms. The Morgan fingerprint density at radius 3 is 1.29 bits per heavy atom. The van der Waals surface area contributed by atoms with E-state index in [1.807, 2.05) is 52.3 Å². The Kier molecular flexibility index (Phi) is 20.0. The first-order chi connectivity index (χ1) is 52.5. The number of likely N-dealkylation sites (tertiary alicyclic amines) is 3. The lowest BCUT2D eigenvalue weighted by Gasteiger charge is -2.58. The molecule has 27 nitrogen and oxygen atoms in total. The first-order valence-corrected chi connectivity index (χ1v) is 36.7. The van der Waals surface area contributed by atoms with E-state index in [2.05, 4.69) is 88.0 Å². The average molecular weight is 1520 g/mol. The van der Waals surface area contributed by atoms with Crippen molar-refractivity contribution in [2.24, 2.45) is 39.4 Å². The third kappa shape index (κ3) is 15.4. The SMILES string of the molecule is CC#CC(=O)N1CC2(CC(n3nc(-c4cnn(Cc5cc(C)cc(C)c5)c4)c(C(N)=O)c3N)C2)C1.CC#CC(=O)N1CCC2(CC(n3nc(-c4cnn(Cc5cc(Cl)cc(C(F)(F)F)c5)c4)c(C(N)=O)c3N)C2)C1.NC(=O)c1c(-c2cnn(Cc3ccccc3)c2)nn(C2CC3(CCN(C(=O)C#CC4CC4)C3)C2)c1N. The number of aromatic nitrogens is 12. The van der Waals surface area contributed by atoms with Gasteiger partial charge in [-0.3, -0.25) is 42.8 Å². The van der Waals surface area contributed by atoms with Crippen LogP contribution in [0.3, 0.4) is 0 Å². The van der Waals surface area contributed by atoms with Crippen LogP contribution in [0.2, 0.25) is 5.02 Å². The molecule has 4 aliphatic carbocycles. The summed E-state index contributed by atoms with van der Waals surface area (Å²) in [6.45, 7) is 12.7. The fourth-order valence-electron chi connectivity index (χ4n) is 16.7. The van der Waals surface area contributed by atoms with E-state index in [4.69, 9.17) is 56.2 Å². The van der Waals surface area contributed by atoms with Crippen LogP contribution in [0, 0.1) is 71.5 Å². The molecule has 9 aromatic rings. The van der Waals surface area contributed by atoms with Gasteiger partial charge in [-0.2, -0.15) is 43.8 Å². The van der Waals surface area contributed by atoms with Gasteiger partial charge in [0.15, 0.2) is 0 Å². The summed E-state index contributed by atoms with van der Waals surface area (Å²) in [4.78, 5) is 78.9. The molecule has 6 amide bonds. The van der Waals surface area contributed by atoms with Crippen molar-refractivity contribution in [1.82, 2.24) is 73.4 Å². The lowest BCUT2D eigenvalue weighted by atomic mass is 9.60. The Labute approximate surface area is 636 Å². The summed E-state index contributed by atoms with van der Waals surface area (Å²) in [5, 5.41) is 27.2. The predicted octanol–water partition coefficient (Wildman–Crippen LogP) is 8.45. The van der Waals surface area contributed by atoms with E-state index in [-0.39, 0.29) is 103 Å². The second kappa shape index (κ2) is 29.5. The van der Waals surface area contributed by atoms with Gasteiger partial charge in [0.25, 0.3) is 35.4 Å². The quantitative estimate of drug-likeness (QED) is 0.0524. The van der Waals surface area contributed by atoms with E-state index >= 15 is 0 Å². The molecule has 3 aliphatic heterocycles. The van der Waals surface area contributed by atoms with E-state index < -0.39 is 29.5 Å². The van der Waals surface area contributed by atoms with Crippen molar-refractivity contribution in [2.45, 2.75) is 136 Å². The molecule has 3 saturated heterocycles. The topological polar surface area (TPSA) is 375 Å². The lowest BCUT2D eigenvalue weighted by molar-refractivity contribution is -0.148. The van der Waals surface area contributed by atoms with Crippen LogP contribution in [0.15, 0.2) is 104 Å². The second-order valence-electron chi connectivity index (χ2n) is 30.5. The highest BCUT2D eigenvalue weighted by Crippen LogP contribution is 2.57. The summed E-state index contributed by atoms with van der Waals surface area (Å²) in [5.74, 6) is 15.1. The first kappa shape index (κ1) is 74.7. The molecule has 3 aromatic carbocycles. The number of carbonyl (C=O) groups excluding carboxylic acids is 6. The number of aryl methyl sites for hydroxylation is 2.